The van der Waals surface area contributed by atoms with Crippen molar-refractivity contribution in [1.29, 1.82) is 0 Å². The van der Waals surface area contributed by atoms with Gasteiger partial charge in [0.15, 0.2) is 5.65 Å². The molecule has 1 saturated carbocycles. The molecular weight excluding hydrogens is 362 g/mol. The van der Waals surface area contributed by atoms with E-state index >= 15 is 0 Å². The molecule has 10 nitrogen and oxygen atoms in total. The van der Waals surface area contributed by atoms with Crippen molar-refractivity contribution in [3.8, 4) is 0 Å². The maximum Gasteiger partial charge on any atom is 0.326 e. The van der Waals surface area contributed by atoms with Crippen molar-refractivity contribution in [2.75, 3.05) is 23.4 Å². The number of urea groups is 1. The number of imide groups is 1. The van der Waals surface area contributed by atoms with Crippen LogP contribution in [0, 0.1) is 0 Å². The first-order chi connectivity index (χ1) is 13.6. The van der Waals surface area contributed by atoms with E-state index in [2.05, 4.69) is 25.9 Å². The van der Waals surface area contributed by atoms with Crippen LogP contribution in [-0.4, -0.2) is 56.9 Å². The molecule has 2 aromatic heterocycles. The molecular formula is C18H21N7O3. The standard InChI is InChI=1S/C18H21N7O3/c26-9-12-2-1-5-24(12)14-7-15(20-11-3-4-11)25-16(22-14)10(8-19-25)6-13-17(27)23-18(28)21-13/h6-8,11-12,20,26H,1-5,9H2,(H2,21,23,27,28)/b13-6-/t12-/m0/s1. The Balaban J connectivity index is 1.60. The summed E-state index contributed by atoms with van der Waals surface area (Å²) in [5.74, 6) is 1.12. The van der Waals surface area contributed by atoms with Gasteiger partial charge in [0.05, 0.1) is 18.8 Å². The smallest absolute Gasteiger partial charge is 0.326 e. The molecule has 4 N–H and O–H groups in total. The van der Waals surface area contributed by atoms with Crippen LogP contribution < -0.4 is 20.9 Å². The summed E-state index contributed by atoms with van der Waals surface area (Å²) < 4.78 is 1.72. The second kappa shape index (κ2) is 6.48. The van der Waals surface area contributed by atoms with Crippen molar-refractivity contribution >= 4 is 35.3 Å². The van der Waals surface area contributed by atoms with Crippen molar-refractivity contribution < 1.29 is 14.7 Å². The topological polar surface area (TPSA) is 124 Å². The summed E-state index contributed by atoms with van der Waals surface area (Å²) >= 11 is 0. The van der Waals surface area contributed by atoms with Gasteiger partial charge in [0.2, 0.25) is 0 Å². The molecule has 28 heavy (non-hydrogen) atoms. The number of aliphatic hydroxyl groups is 1. The Morgan fingerprint density at radius 2 is 2.14 bits per heavy atom. The van der Waals surface area contributed by atoms with E-state index in [1.54, 1.807) is 16.8 Å². The van der Waals surface area contributed by atoms with E-state index in [9.17, 15) is 14.7 Å². The maximum absolute atomic E-state index is 11.9. The Bertz CT molecular complexity index is 994. The second-order valence-electron chi connectivity index (χ2n) is 7.39. The number of hydrogen-bond acceptors (Lipinski definition) is 7. The fourth-order valence-electron chi connectivity index (χ4n) is 3.72. The molecule has 1 atom stereocenters. The average molecular weight is 383 g/mol. The molecule has 0 radical (unpaired) electrons. The van der Waals surface area contributed by atoms with Gasteiger partial charge in [-0.15, -0.1) is 0 Å². The molecule has 5 rings (SSSR count). The molecule has 0 spiro atoms. The number of aromatic nitrogens is 3. The predicted octanol–water partition coefficient (Wildman–Crippen LogP) is 0.445. The Labute approximate surface area is 160 Å². The average Bonchev–Trinajstić information content (AvgIpc) is 3.08. The highest BCUT2D eigenvalue weighted by Gasteiger charge is 2.29. The van der Waals surface area contributed by atoms with Crippen LogP contribution in [0.4, 0.5) is 16.4 Å². The highest BCUT2D eigenvalue weighted by Crippen LogP contribution is 2.31. The van der Waals surface area contributed by atoms with E-state index in [1.807, 2.05) is 6.07 Å². The summed E-state index contributed by atoms with van der Waals surface area (Å²) in [6.07, 6.45) is 7.37. The number of carbonyl (C=O) groups excluding carboxylic acids is 2. The van der Waals surface area contributed by atoms with Crippen molar-refractivity contribution in [2.24, 2.45) is 0 Å². The molecule has 3 fully saturated rings. The third kappa shape index (κ3) is 2.95. The summed E-state index contributed by atoms with van der Waals surface area (Å²) in [4.78, 5) is 30.1. The second-order valence-corrected chi connectivity index (χ2v) is 7.39. The molecule has 3 aliphatic rings. The van der Waals surface area contributed by atoms with E-state index < -0.39 is 11.9 Å². The molecule has 2 saturated heterocycles. The third-order valence-electron chi connectivity index (χ3n) is 5.32. The molecule has 0 bridgehead atoms. The number of nitrogens with zero attached hydrogens (tertiary/aromatic N) is 4. The molecule has 10 heteroatoms. The van der Waals surface area contributed by atoms with Crippen LogP contribution in [0.2, 0.25) is 0 Å². The van der Waals surface area contributed by atoms with Gasteiger partial charge in [0, 0.05) is 24.2 Å². The van der Waals surface area contributed by atoms with E-state index in [0.29, 0.717) is 17.3 Å². The first kappa shape index (κ1) is 17.0. The molecule has 2 aliphatic heterocycles. The minimum absolute atomic E-state index is 0.0494. The van der Waals surface area contributed by atoms with Crippen molar-refractivity contribution in [3.63, 3.8) is 0 Å². The number of aliphatic hydroxyl groups excluding tert-OH is 1. The van der Waals surface area contributed by atoms with E-state index in [0.717, 1.165) is 43.9 Å². The van der Waals surface area contributed by atoms with Crippen molar-refractivity contribution in [3.05, 3.63) is 23.5 Å². The van der Waals surface area contributed by atoms with Gasteiger partial charge in [-0.3, -0.25) is 10.1 Å². The number of hydrogen-bond donors (Lipinski definition) is 4. The van der Waals surface area contributed by atoms with E-state index in [4.69, 9.17) is 4.98 Å². The van der Waals surface area contributed by atoms with Gasteiger partial charge in [0.1, 0.15) is 17.3 Å². The SMILES string of the molecule is O=C1NC(=O)/C(=C/c2cnn3c(NC4CC4)cc(N4CCC[C@H]4CO)nc23)N1. The summed E-state index contributed by atoms with van der Waals surface area (Å²) in [6.45, 7) is 0.918. The quantitative estimate of drug-likeness (QED) is 0.436. The largest absolute Gasteiger partial charge is 0.394 e. The van der Waals surface area contributed by atoms with Crippen LogP contribution in [-0.2, 0) is 4.79 Å². The highest BCUT2D eigenvalue weighted by atomic mass is 16.3. The van der Waals surface area contributed by atoms with Gasteiger partial charge in [-0.05, 0) is 31.8 Å². The normalized spacial score (nSPS) is 23.5. The molecule has 0 unspecified atom stereocenters. The summed E-state index contributed by atoms with van der Waals surface area (Å²) in [7, 11) is 0. The molecule has 3 amide bonds. The highest BCUT2D eigenvalue weighted by molar-refractivity contribution is 6.14. The lowest BCUT2D eigenvalue weighted by molar-refractivity contribution is -0.115. The zero-order valence-electron chi connectivity index (χ0n) is 15.2. The van der Waals surface area contributed by atoms with Gasteiger partial charge in [0.25, 0.3) is 5.91 Å². The Hall–Kier alpha value is -3.14. The fraction of sp³-hybridized carbons (Fsp3) is 0.444. The van der Waals surface area contributed by atoms with Crippen LogP contribution in [0.1, 0.15) is 31.2 Å². The van der Waals surface area contributed by atoms with Crippen LogP contribution in [0.25, 0.3) is 11.7 Å². The van der Waals surface area contributed by atoms with Gasteiger partial charge in [-0.2, -0.15) is 9.61 Å². The van der Waals surface area contributed by atoms with Crippen LogP contribution in [0.15, 0.2) is 18.0 Å². The molecule has 2 aromatic rings. The number of nitrogens with one attached hydrogen (secondary N) is 3. The lowest BCUT2D eigenvalue weighted by atomic mass is 10.2. The lowest BCUT2D eigenvalue weighted by Crippen LogP contribution is -2.33. The minimum Gasteiger partial charge on any atom is -0.394 e. The zero-order valence-corrected chi connectivity index (χ0v) is 15.2. The number of fused-ring (bicyclic) bond motifs is 1. The number of anilines is 2. The first-order valence-electron chi connectivity index (χ1n) is 9.49. The van der Waals surface area contributed by atoms with Crippen molar-refractivity contribution in [1.82, 2.24) is 25.2 Å². The molecule has 1 aliphatic carbocycles. The lowest BCUT2D eigenvalue weighted by Gasteiger charge is -2.25. The molecule has 0 aromatic carbocycles. The summed E-state index contributed by atoms with van der Waals surface area (Å²) in [5.41, 5.74) is 1.39. The number of carbonyl (C=O) groups is 2. The summed E-state index contributed by atoms with van der Waals surface area (Å²) in [5, 5.41) is 22.3. The Kier molecular flexibility index (Phi) is 3.93. The van der Waals surface area contributed by atoms with Gasteiger partial charge in [-0.25, -0.2) is 9.78 Å². The fourth-order valence-corrected chi connectivity index (χ4v) is 3.72. The number of amides is 3. The maximum atomic E-state index is 11.9. The third-order valence-corrected chi connectivity index (χ3v) is 5.32. The van der Waals surface area contributed by atoms with Crippen LogP contribution in [0.3, 0.4) is 0 Å². The Morgan fingerprint density at radius 1 is 1.29 bits per heavy atom. The minimum atomic E-state index is -0.541. The van der Waals surface area contributed by atoms with Crippen molar-refractivity contribution in [2.45, 2.75) is 37.8 Å². The van der Waals surface area contributed by atoms with E-state index in [1.165, 1.54) is 0 Å². The number of rotatable bonds is 5. The predicted molar refractivity (Wildman–Crippen MR) is 102 cm³/mol. The van der Waals surface area contributed by atoms with E-state index in [-0.39, 0.29) is 18.3 Å². The van der Waals surface area contributed by atoms with Gasteiger partial charge < -0.3 is 20.6 Å². The zero-order chi connectivity index (χ0) is 19.3. The van der Waals surface area contributed by atoms with Crippen LogP contribution >= 0.6 is 0 Å². The van der Waals surface area contributed by atoms with Gasteiger partial charge >= 0.3 is 6.03 Å². The Morgan fingerprint density at radius 3 is 2.86 bits per heavy atom. The summed E-state index contributed by atoms with van der Waals surface area (Å²) in [6, 6.07) is 1.90. The van der Waals surface area contributed by atoms with Crippen LogP contribution in [0.5, 0.6) is 0 Å². The van der Waals surface area contributed by atoms with Gasteiger partial charge in [-0.1, -0.05) is 0 Å². The molecule has 146 valence electrons. The monoisotopic (exact) mass is 383 g/mol. The first-order valence-corrected chi connectivity index (χ1v) is 9.49. The molecule has 4 heterocycles.